The van der Waals surface area contributed by atoms with Crippen molar-refractivity contribution in [2.45, 2.75) is 44.4 Å². The first-order valence-electron chi connectivity index (χ1n) is 11.3. The molecule has 0 saturated heterocycles. The van der Waals surface area contributed by atoms with Crippen LogP contribution in [0.4, 0.5) is 0 Å². The van der Waals surface area contributed by atoms with Crippen LogP contribution in [-0.2, 0) is 16.1 Å². The van der Waals surface area contributed by atoms with Crippen molar-refractivity contribution < 1.29 is 14.3 Å². The molecule has 4 heteroatoms. The Morgan fingerprint density at radius 3 is 2.25 bits per heavy atom. The van der Waals surface area contributed by atoms with E-state index in [0.717, 1.165) is 30.7 Å². The number of benzene rings is 3. The van der Waals surface area contributed by atoms with Crippen molar-refractivity contribution in [1.82, 2.24) is 5.32 Å². The van der Waals surface area contributed by atoms with Crippen molar-refractivity contribution in [2.75, 3.05) is 7.11 Å². The Bertz CT molecular complexity index is 988. The van der Waals surface area contributed by atoms with Crippen molar-refractivity contribution in [3.05, 3.63) is 102 Å². The SMILES string of the molecule is COc1ccc(CN[C@@H]2CC[C@@H](C(=O)O[C@@H](C)c3ccccc3)[C@@H]2c2ccccc2)cc1. The smallest absolute Gasteiger partial charge is 0.310 e. The molecule has 0 aromatic heterocycles. The summed E-state index contributed by atoms with van der Waals surface area (Å²) in [6.07, 6.45) is 1.50. The normalized spacial score (nSPS) is 21.1. The van der Waals surface area contributed by atoms with Gasteiger partial charge in [0.15, 0.2) is 0 Å². The predicted molar refractivity (Wildman–Crippen MR) is 126 cm³/mol. The lowest BCUT2D eigenvalue weighted by Gasteiger charge is -2.26. The summed E-state index contributed by atoms with van der Waals surface area (Å²) in [6.45, 7) is 2.69. The van der Waals surface area contributed by atoms with Crippen LogP contribution < -0.4 is 10.1 Å². The maximum atomic E-state index is 13.2. The van der Waals surface area contributed by atoms with Gasteiger partial charge in [-0.2, -0.15) is 0 Å². The van der Waals surface area contributed by atoms with Crippen LogP contribution in [0.25, 0.3) is 0 Å². The Morgan fingerprint density at radius 1 is 0.938 bits per heavy atom. The average molecular weight is 430 g/mol. The topological polar surface area (TPSA) is 47.6 Å². The number of nitrogens with one attached hydrogen (secondary N) is 1. The van der Waals surface area contributed by atoms with E-state index in [1.807, 2.05) is 67.6 Å². The van der Waals surface area contributed by atoms with E-state index < -0.39 is 0 Å². The zero-order chi connectivity index (χ0) is 22.3. The van der Waals surface area contributed by atoms with Gasteiger partial charge in [0.1, 0.15) is 11.9 Å². The molecule has 0 bridgehead atoms. The first-order chi connectivity index (χ1) is 15.7. The highest BCUT2D eigenvalue weighted by atomic mass is 16.5. The summed E-state index contributed by atoms with van der Waals surface area (Å²) in [6, 6.07) is 28.6. The van der Waals surface area contributed by atoms with Crippen LogP contribution in [0.2, 0.25) is 0 Å². The summed E-state index contributed by atoms with van der Waals surface area (Å²) >= 11 is 0. The molecule has 4 nitrogen and oxygen atoms in total. The van der Waals surface area contributed by atoms with Gasteiger partial charge in [-0.3, -0.25) is 4.79 Å². The third-order valence-corrected chi connectivity index (χ3v) is 6.43. The van der Waals surface area contributed by atoms with E-state index in [1.165, 1.54) is 11.1 Å². The second-order valence-electron chi connectivity index (χ2n) is 8.45. The molecule has 3 aromatic carbocycles. The summed E-state index contributed by atoms with van der Waals surface area (Å²) in [5, 5.41) is 3.71. The van der Waals surface area contributed by atoms with Crippen LogP contribution in [-0.4, -0.2) is 19.1 Å². The minimum atomic E-state index is -0.258. The molecule has 0 unspecified atom stereocenters. The second-order valence-corrected chi connectivity index (χ2v) is 8.45. The van der Waals surface area contributed by atoms with Crippen molar-refractivity contribution in [1.29, 1.82) is 0 Å². The van der Waals surface area contributed by atoms with Gasteiger partial charge >= 0.3 is 5.97 Å². The van der Waals surface area contributed by atoms with Gasteiger partial charge in [0.25, 0.3) is 0 Å². The Labute approximate surface area is 190 Å². The number of hydrogen-bond acceptors (Lipinski definition) is 4. The molecule has 1 aliphatic rings. The fraction of sp³-hybridized carbons (Fsp3) is 0.321. The molecule has 32 heavy (non-hydrogen) atoms. The molecule has 4 atom stereocenters. The third kappa shape index (κ3) is 5.20. The van der Waals surface area contributed by atoms with E-state index in [-0.39, 0.29) is 30.0 Å². The van der Waals surface area contributed by atoms with E-state index in [9.17, 15) is 4.79 Å². The molecule has 1 N–H and O–H groups in total. The van der Waals surface area contributed by atoms with Crippen LogP contribution in [0, 0.1) is 5.92 Å². The largest absolute Gasteiger partial charge is 0.497 e. The highest BCUT2D eigenvalue weighted by Gasteiger charge is 2.42. The van der Waals surface area contributed by atoms with Crippen molar-refractivity contribution in [3.8, 4) is 5.75 Å². The van der Waals surface area contributed by atoms with Crippen LogP contribution in [0.15, 0.2) is 84.9 Å². The van der Waals surface area contributed by atoms with Crippen LogP contribution in [0.1, 0.15) is 48.5 Å². The molecule has 166 valence electrons. The number of methoxy groups -OCH3 is 1. The zero-order valence-corrected chi connectivity index (χ0v) is 18.7. The summed E-state index contributed by atoms with van der Waals surface area (Å²) < 4.78 is 11.2. The van der Waals surface area contributed by atoms with Crippen LogP contribution >= 0.6 is 0 Å². The molecule has 0 radical (unpaired) electrons. The molecule has 0 amide bonds. The zero-order valence-electron chi connectivity index (χ0n) is 18.7. The molecule has 1 saturated carbocycles. The Hall–Kier alpha value is -3.11. The molecule has 0 spiro atoms. The number of esters is 1. The first kappa shape index (κ1) is 22.1. The van der Waals surface area contributed by atoms with Gasteiger partial charge in [-0.05, 0) is 48.6 Å². The van der Waals surface area contributed by atoms with E-state index >= 15 is 0 Å². The maximum absolute atomic E-state index is 13.2. The van der Waals surface area contributed by atoms with Crippen molar-refractivity contribution in [2.24, 2.45) is 5.92 Å². The standard InChI is InChI=1S/C28H31NO3/c1-20(22-9-5-3-6-10-22)32-28(30)25-17-18-26(27(25)23-11-7-4-8-12-23)29-19-21-13-15-24(31-2)16-14-21/h3-16,20,25-27,29H,17-19H2,1-2H3/t20-,25+,26+,27-/m0/s1. The lowest BCUT2D eigenvalue weighted by molar-refractivity contribution is -0.154. The molecular weight excluding hydrogens is 398 g/mol. The number of carbonyl (C=O) groups is 1. The summed E-state index contributed by atoms with van der Waals surface area (Å²) in [7, 11) is 1.67. The van der Waals surface area contributed by atoms with Crippen molar-refractivity contribution >= 4 is 5.97 Å². The monoisotopic (exact) mass is 429 g/mol. The van der Waals surface area contributed by atoms with Gasteiger partial charge in [0.2, 0.25) is 0 Å². The molecular formula is C28H31NO3. The first-order valence-corrected chi connectivity index (χ1v) is 11.3. The third-order valence-electron chi connectivity index (χ3n) is 6.43. The number of ether oxygens (including phenoxy) is 2. The lowest BCUT2D eigenvalue weighted by atomic mass is 9.86. The Balaban J connectivity index is 1.47. The highest BCUT2D eigenvalue weighted by Crippen LogP contribution is 2.41. The van der Waals surface area contributed by atoms with E-state index in [4.69, 9.17) is 9.47 Å². The lowest BCUT2D eigenvalue weighted by Crippen LogP contribution is -2.34. The molecule has 0 heterocycles. The summed E-state index contributed by atoms with van der Waals surface area (Å²) in [5.74, 6) is 0.679. The van der Waals surface area contributed by atoms with Gasteiger partial charge in [-0.25, -0.2) is 0 Å². The second kappa shape index (κ2) is 10.5. The molecule has 1 aliphatic carbocycles. The number of hydrogen-bond donors (Lipinski definition) is 1. The molecule has 3 aromatic rings. The Morgan fingerprint density at radius 2 is 1.59 bits per heavy atom. The number of carbonyl (C=O) groups excluding carboxylic acids is 1. The molecule has 0 aliphatic heterocycles. The fourth-order valence-corrected chi connectivity index (χ4v) is 4.68. The Kier molecular flexibility index (Phi) is 7.23. The van der Waals surface area contributed by atoms with E-state index in [2.05, 4.69) is 29.6 Å². The maximum Gasteiger partial charge on any atom is 0.310 e. The van der Waals surface area contributed by atoms with Gasteiger partial charge in [0.05, 0.1) is 13.0 Å². The predicted octanol–water partition coefficient (Wildman–Crippen LogP) is 5.65. The van der Waals surface area contributed by atoms with Crippen LogP contribution in [0.5, 0.6) is 5.75 Å². The average Bonchev–Trinajstić information content (AvgIpc) is 3.28. The number of rotatable bonds is 8. The highest BCUT2D eigenvalue weighted by molar-refractivity contribution is 5.75. The van der Waals surface area contributed by atoms with E-state index in [0.29, 0.717) is 0 Å². The van der Waals surface area contributed by atoms with Gasteiger partial charge in [-0.15, -0.1) is 0 Å². The van der Waals surface area contributed by atoms with Crippen LogP contribution in [0.3, 0.4) is 0 Å². The summed E-state index contributed by atoms with van der Waals surface area (Å²) in [5.41, 5.74) is 3.40. The van der Waals surface area contributed by atoms with E-state index in [1.54, 1.807) is 7.11 Å². The molecule has 4 rings (SSSR count). The fourth-order valence-electron chi connectivity index (χ4n) is 4.68. The minimum absolute atomic E-state index is 0.0879. The molecule has 1 fully saturated rings. The quantitative estimate of drug-likeness (QED) is 0.470. The van der Waals surface area contributed by atoms with Crippen molar-refractivity contribution in [3.63, 3.8) is 0 Å². The minimum Gasteiger partial charge on any atom is -0.497 e. The van der Waals surface area contributed by atoms with Gasteiger partial charge in [0, 0.05) is 18.5 Å². The van der Waals surface area contributed by atoms with Gasteiger partial charge in [-0.1, -0.05) is 72.8 Å². The van der Waals surface area contributed by atoms with Gasteiger partial charge < -0.3 is 14.8 Å². The summed E-state index contributed by atoms with van der Waals surface area (Å²) in [4.78, 5) is 13.2.